The lowest BCUT2D eigenvalue weighted by Crippen LogP contribution is -2.23. The summed E-state index contributed by atoms with van der Waals surface area (Å²) in [5.41, 5.74) is -0.694. The highest BCUT2D eigenvalue weighted by Crippen LogP contribution is 2.37. The fourth-order valence-corrected chi connectivity index (χ4v) is 2.02. The zero-order valence-corrected chi connectivity index (χ0v) is 11.8. The summed E-state index contributed by atoms with van der Waals surface area (Å²) in [6.45, 7) is 0.247. The minimum Gasteiger partial charge on any atom is -0.481 e. The van der Waals surface area contributed by atoms with Crippen molar-refractivity contribution in [1.29, 1.82) is 0 Å². The Kier molecular flexibility index (Phi) is 5.22. The summed E-state index contributed by atoms with van der Waals surface area (Å²) in [4.78, 5) is 11.8. The van der Waals surface area contributed by atoms with Crippen molar-refractivity contribution >= 4 is 27.6 Å². The molecule has 0 aliphatic rings. The first-order chi connectivity index (χ1) is 8.71. The lowest BCUT2D eigenvalue weighted by atomic mass is 10.1. The van der Waals surface area contributed by atoms with E-state index in [9.17, 15) is 18.0 Å². The monoisotopic (exact) mass is 339 g/mol. The zero-order valence-electron chi connectivity index (χ0n) is 10.2. The Morgan fingerprint density at radius 3 is 2.58 bits per heavy atom. The van der Waals surface area contributed by atoms with Gasteiger partial charge in [0.2, 0.25) is 0 Å². The van der Waals surface area contributed by atoms with Crippen molar-refractivity contribution in [2.24, 2.45) is 0 Å². The summed E-state index contributed by atoms with van der Waals surface area (Å²) in [6, 6.07) is 3.91. The summed E-state index contributed by atoms with van der Waals surface area (Å²) in [7, 11) is 1.51. The molecular weight excluding hydrogens is 327 g/mol. The van der Waals surface area contributed by atoms with E-state index in [1.807, 2.05) is 0 Å². The highest BCUT2D eigenvalue weighted by molar-refractivity contribution is 9.10. The lowest BCUT2D eigenvalue weighted by Gasteiger charge is -2.23. The van der Waals surface area contributed by atoms with Gasteiger partial charge in [-0.15, -0.1) is 0 Å². The number of benzene rings is 1. The molecule has 19 heavy (non-hydrogen) atoms. The van der Waals surface area contributed by atoms with Crippen molar-refractivity contribution in [2.75, 3.05) is 18.5 Å². The fourth-order valence-electron chi connectivity index (χ4n) is 1.66. The van der Waals surface area contributed by atoms with Crippen LogP contribution in [0.2, 0.25) is 0 Å². The van der Waals surface area contributed by atoms with Crippen LogP contribution in [0.4, 0.5) is 18.9 Å². The van der Waals surface area contributed by atoms with Gasteiger partial charge in [-0.25, -0.2) is 0 Å². The first-order valence-corrected chi connectivity index (χ1v) is 6.31. The third-order valence-corrected chi connectivity index (χ3v) is 3.05. The quantitative estimate of drug-likeness (QED) is 0.887. The Labute approximate surface area is 117 Å². The molecular formula is C12H13BrF3NO2. The predicted molar refractivity (Wildman–Crippen MR) is 69.3 cm³/mol. The molecule has 0 heterocycles. The molecule has 0 atom stereocenters. The van der Waals surface area contributed by atoms with E-state index >= 15 is 0 Å². The van der Waals surface area contributed by atoms with E-state index < -0.39 is 17.7 Å². The number of carboxylic acid groups (broad SMARTS) is 1. The molecule has 0 aliphatic carbocycles. The van der Waals surface area contributed by atoms with Crippen molar-refractivity contribution in [1.82, 2.24) is 0 Å². The largest absolute Gasteiger partial charge is 0.481 e. The fraction of sp³-hybridized carbons (Fsp3) is 0.417. The number of hydrogen-bond donors (Lipinski definition) is 1. The lowest BCUT2D eigenvalue weighted by molar-refractivity contribution is -0.138. The zero-order chi connectivity index (χ0) is 14.6. The standard InChI is InChI=1S/C12H13BrF3NO2/c1-17(6-2-3-11(18)19)10-5-4-8(13)7-9(10)12(14,15)16/h4-5,7H,2-3,6H2,1H3,(H,18,19). The molecule has 1 N–H and O–H groups in total. The second-order valence-electron chi connectivity index (χ2n) is 4.08. The van der Waals surface area contributed by atoms with Gasteiger partial charge >= 0.3 is 12.1 Å². The van der Waals surface area contributed by atoms with Crippen molar-refractivity contribution in [3.63, 3.8) is 0 Å². The maximum Gasteiger partial charge on any atom is 0.418 e. The van der Waals surface area contributed by atoms with Gasteiger partial charge in [-0.1, -0.05) is 15.9 Å². The average Bonchev–Trinajstić information content (AvgIpc) is 2.27. The SMILES string of the molecule is CN(CCCC(=O)O)c1ccc(Br)cc1C(F)(F)F. The van der Waals surface area contributed by atoms with Crippen LogP contribution >= 0.6 is 15.9 Å². The van der Waals surface area contributed by atoms with E-state index in [0.717, 1.165) is 6.07 Å². The van der Waals surface area contributed by atoms with Gasteiger partial charge in [0.15, 0.2) is 0 Å². The molecule has 0 amide bonds. The molecule has 7 heteroatoms. The van der Waals surface area contributed by atoms with Crippen LogP contribution in [0, 0.1) is 0 Å². The number of nitrogens with zero attached hydrogens (tertiary/aromatic N) is 1. The molecule has 0 unspecified atom stereocenters. The highest BCUT2D eigenvalue weighted by Gasteiger charge is 2.34. The molecule has 0 spiro atoms. The van der Waals surface area contributed by atoms with Crippen LogP contribution in [0.3, 0.4) is 0 Å². The van der Waals surface area contributed by atoms with Gasteiger partial charge in [-0.05, 0) is 24.6 Å². The van der Waals surface area contributed by atoms with E-state index in [2.05, 4.69) is 15.9 Å². The number of alkyl halides is 3. The van der Waals surface area contributed by atoms with Crippen molar-refractivity contribution < 1.29 is 23.1 Å². The molecule has 0 fully saturated rings. The molecule has 1 aromatic carbocycles. The number of aliphatic carboxylic acids is 1. The van der Waals surface area contributed by atoms with Gasteiger partial charge in [0.1, 0.15) is 0 Å². The first kappa shape index (κ1) is 15.8. The molecule has 0 aromatic heterocycles. The number of halogens is 4. The van der Waals surface area contributed by atoms with Crippen LogP contribution in [-0.4, -0.2) is 24.7 Å². The van der Waals surface area contributed by atoms with Crippen molar-refractivity contribution in [2.45, 2.75) is 19.0 Å². The Balaban J connectivity index is 2.90. The van der Waals surface area contributed by atoms with E-state index in [4.69, 9.17) is 5.11 Å². The van der Waals surface area contributed by atoms with E-state index in [1.165, 1.54) is 24.1 Å². The molecule has 0 bridgehead atoms. The molecule has 0 aliphatic heterocycles. The summed E-state index contributed by atoms with van der Waals surface area (Å²) in [5.74, 6) is -0.958. The van der Waals surface area contributed by atoms with Gasteiger partial charge in [-0.3, -0.25) is 4.79 Å². The topological polar surface area (TPSA) is 40.5 Å². The number of carboxylic acids is 1. The summed E-state index contributed by atoms with van der Waals surface area (Å²) >= 11 is 3.01. The molecule has 1 rings (SSSR count). The van der Waals surface area contributed by atoms with E-state index in [-0.39, 0.29) is 18.7 Å². The summed E-state index contributed by atoms with van der Waals surface area (Å²) in [6.07, 6.45) is -4.22. The van der Waals surface area contributed by atoms with Crippen LogP contribution < -0.4 is 4.90 Å². The van der Waals surface area contributed by atoms with Crippen molar-refractivity contribution in [3.8, 4) is 0 Å². The Bertz CT molecular complexity index is 463. The van der Waals surface area contributed by atoms with E-state index in [0.29, 0.717) is 10.9 Å². The molecule has 0 saturated heterocycles. The van der Waals surface area contributed by atoms with Crippen LogP contribution in [0.25, 0.3) is 0 Å². The van der Waals surface area contributed by atoms with E-state index in [1.54, 1.807) is 0 Å². The number of rotatable bonds is 5. The minimum atomic E-state index is -4.44. The molecule has 3 nitrogen and oxygen atoms in total. The maximum atomic E-state index is 12.9. The molecule has 106 valence electrons. The highest BCUT2D eigenvalue weighted by atomic mass is 79.9. The predicted octanol–water partition coefficient (Wildman–Crippen LogP) is 3.77. The second-order valence-corrected chi connectivity index (χ2v) is 4.99. The number of anilines is 1. The van der Waals surface area contributed by atoms with Crippen LogP contribution in [0.5, 0.6) is 0 Å². The van der Waals surface area contributed by atoms with Crippen LogP contribution in [-0.2, 0) is 11.0 Å². The Morgan fingerprint density at radius 2 is 2.05 bits per heavy atom. The van der Waals surface area contributed by atoms with Crippen LogP contribution in [0.15, 0.2) is 22.7 Å². The van der Waals surface area contributed by atoms with Gasteiger partial charge in [0.05, 0.1) is 5.56 Å². The molecule has 1 aromatic rings. The third-order valence-electron chi connectivity index (χ3n) is 2.56. The Morgan fingerprint density at radius 1 is 1.42 bits per heavy atom. The second kappa shape index (κ2) is 6.27. The third kappa shape index (κ3) is 4.74. The Hall–Kier alpha value is -1.24. The summed E-state index contributed by atoms with van der Waals surface area (Å²) < 4.78 is 39.0. The van der Waals surface area contributed by atoms with Crippen molar-refractivity contribution in [3.05, 3.63) is 28.2 Å². The smallest absolute Gasteiger partial charge is 0.418 e. The van der Waals surface area contributed by atoms with Crippen LogP contribution in [0.1, 0.15) is 18.4 Å². The first-order valence-electron chi connectivity index (χ1n) is 5.51. The van der Waals surface area contributed by atoms with Gasteiger partial charge in [-0.2, -0.15) is 13.2 Å². The average molecular weight is 340 g/mol. The minimum absolute atomic E-state index is 0.0427. The maximum absolute atomic E-state index is 12.9. The number of hydrogen-bond acceptors (Lipinski definition) is 2. The normalized spacial score (nSPS) is 11.4. The molecule has 0 radical (unpaired) electrons. The van der Waals surface area contributed by atoms with Gasteiger partial charge < -0.3 is 10.0 Å². The van der Waals surface area contributed by atoms with Gasteiger partial charge in [0, 0.05) is 30.2 Å². The van der Waals surface area contributed by atoms with Gasteiger partial charge in [0.25, 0.3) is 0 Å². The summed E-state index contributed by atoms with van der Waals surface area (Å²) in [5, 5.41) is 8.51. The number of carbonyl (C=O) groups is 1. The molecule has 0 saturated carbocycles.